The summed E-state index contributed by atoms with van der Waals surface area (Å²) in [5.41, 5.74) is 0.434. The van der Waals surface area contributed by atoms with Crippen LogP contribution in [0.15, 0.2) is 24.3 Å². The lowest BCUT2D eigenvalue weighted by atomic mass is 10.1. The van der Waals surface area contributed by atoms with E-state index in [4.69, 9.17) is 9.47 Å². The van der Waals surface area contributed by atoms with Crippen molar-refractivity contribution < 1.29 is 19.1 Å². The maximum Gasteiger partial charge on any atom is 0.340 e. The smallest absolute Gasteiger partial charge is 0.340 e. The molecule has 4 nitrogen and oxygen atoms in total. The van der Waals surface area contributed by atoms with E-state index in [1.165, 1.54) is 0 Å². The molecule has 0 spiro atoms. The van der Waals surface area contributed by atoms with E-state index >= 15 is 0 Å². The Balaban J connectivity index is 2.87. The van der Waals surface area contributed by atoms with Crippen LogP contribution in [0.4, 0.5) is 0 Å². The van der Waals surface area contributed by atoms with Crippen molar-refractivity contribution in [2.24, 2.45) is 0 Å². The minimum Gasteiger partial charge on any atom is -0.462 e. The second-order valence-electron chi connectivity index (χ2n) is 4.73. The van der Waals surface area contributed by atoms with Crippen molar-refractivity contribution >= 4 is 11.9 Å². The summed E-state index contributed by atoms with van der Waals surface area (Å²) in [7, 11) is 0. The van der Waals surface area contributed by atoms with E-state index in [9.17, 15) is 9.59 Å². The lowest BCUT2D eigenvalue weighted by molar-refractivity contribution is 0.0384. The fraction of sp³-hybridized carbons (Fsp3) is 0.444. The number of unbranched alkanes of at least 4 members (excludes halogenated alkanes) is 1. The molecule has 0 aliphatic heterocycles. The van der Waals surface area contributed by atoms with E-state index in [2.05, 4.69) is 11.8 Å². The van der Waals surface area contributed by atoms with Crippen LogP contribution in [0.25, 0.3) is 0 Å². The van der Waals surface area contributed by atoms with E-state index in [-0.39, 0.29) is 11.1 Å². The van der Waals surface area contributed by atoms with Gasteiger partial charge >= 0.3 is 11.9 Å². The van der Waals surface area contributed by atoms with Crippen molar-refractivity contribution in [1.29, 1.82) is 0 Å². The van der Waals surface area contributed by atoms with Gasteiger partial charge in [0.2, 0.25) is 0 Å². The highest BCUT2D eigenvalue weighted by atomic mass is 16.5. The minimum atomic E-state index is -0.558. The van der Waals surface area contributed by atoms with Crippen LogP contribution in [0, 0.1) is 11.8 Å². The molecule has 0 fully saturated rings. The quantitative estimate of drug-likeness (QED) is 0.439. The summed E-state index contributed by atoms with van der Waals surface area (Å²) in [6, 6.07) is 6.50. The molecule has 1 unspecified atom stereocenters. The van der Waals surface area contributed by atoms with Crippen molar-refractivity contribution in [3.05, 3.63) is 35.4 Å². The molecule has 1 atom stereocenters. The van der Waals surface area contributed by atoms with Crippen LogP contribution < -0.4 is 0 Å². The SMILES string of the molecule is CC#CC(CC)OC(=O)c1ccccc1C(=O)OCCCC. The fourth-order valence-electron chi connectivity index (χ4n) is 1.79. The molecule has 0 aliphatic carbocycles. The number of hydrogen-bond acceptors (Lipinski definition) is 4. The maximum absolute atomic E-state index is 12.2. The molecule has 0 amide bonds. The second kappa shape index (κ2) is 9.62. The van der Waals surface area contributed by atoms with Gasteiger partial charge in [-0.25, -0.2) is 9.59 Å². The Morgan fingerprint density at radius 1 is 1.14 bits per heavy atom. The molecule has 0 aromatic heterocycles. The lowest BCUT2D eigenvalue weighted by Gasteiger charge is -2.12. The Morgan fingerprint density at radius 3 is 2.32 bits per heavy atom. The molecule has 1 rings (SSSR count). The summed E-state index contributed by atoms with van der Waals surface area (Å²) in [6.45, 7) is 5.93. The molecular weight excluding hydrogens is 280 g/mol. The number of rotatable bonds is 7. The summed E-state index contributed by atoms with van der Waals surface area (Å²) in [5, 5.41) is 0. The van der Waals surface area contributed by atoms with E-state index in [1.807, 2.05) is 13.8 Å². The predicted octanol–water partition coefficient (Wildman–Crippen LogP) is 3.60. The van der Waals surface area contributed by atoms with Crippen LogP contribution in [0.1, 0.15) is 60.7 Å². The summed E-state index contributed by atoms with van der Waals surface area (Å²) in [6.07, 6.45) is 1.85. The van der Waals surface area contributed by atoms with Gasteiger partial charge in [0.25, 0.3) is 0 Å². The third kappa shape index (κ3) is 5.25. The van der Waals surface area contributed by atoms with Gasteiger partial charge in [0.05, 0.1) is 17.7 Å². The molecule has 0 heterocycles. The van der Waals surface area contributed by atoms with Crippen LogP contribution in [-0.4, -0.2) is 24.6 Å². The second-order valence-corrected chi connectivity index (χ2v) is 4.73. The van der Waals surface area contributed by atoms with Gasteiger partial charge < -0.3 is 9.47 Å². The zero-order chi connectivity index (χ0) is 16.4. The fourth-order valence-corrected chi connectivity index (χ4v) is 1.79. The third-order valence-electron chi connectivity index (χ3n) is 3.02. The Bertz CT molecular complexity index is 566. The summed E-state index contributed by atoms with van der Waals surface area (Å²) in [5.74, 6) is 4.48. The normalized spacial score (nSPS) is 11.0. The number of esters is 2. The highest BCUT2D eigenvalue weighted by Crippen LogP contribution is 2.14. The van der Waals surface area contributed by atoms with E-state index in [1.54, 1.807) is 31.2 Å². The van der Waals surface area contributed by atoms with Crippen molar-refractivity contribution in [1.82, 2.24) is 0 Å². The van der Waals surface area contributed by atoms with E-state index in [0.29, 0.717) is 13.0 Å². The Hall–Kier alpha value is -2.28. The highest BCUT2D eigenvalue weighted by Gasteiger charge is 2.20. The largest absolute Gasteiger partial charge is 0.462 e. The lowest BCUT2D eigenvalue weighted by Crippen LogP contribution is -2.19. The van der Waals surface area contributed by atoms with Gasteiger partial charge in [0.1, 0.15) is 0 Å². The van der Waals surface area contributed by atoms with Gasteiger partial charge in [-0.05, 0) is 31.9 Å². The zero-order valence-corrected chi connectivity index (χ0v) is 13.3. The Kier molecular flexibility index (Phi) is 7.77. The molecule has 0 saturated carbocycles. The molecule has 0 radical (unpaired) electrons. The zero-order valence-electron chi connectivity index (χ0n) is 13.3. The van der Waals surface area contributed by atoms with Gasteiger partial charge in [-0.15, -0.1) is 5.92 Å². The summed E-state index contributed by atoms with van der Waals surface area (Å²) < 4.78 is 10.5. The van der Waals surface area contributed by atoms with Crippen molar-refractivity contribution in [3.8, 4) is 11.8 Å². The Morgan fingerprint density at radius 2 is 1.77 bits per heavy atom. The number of carbonyl (C=O) groups is 2. The first-order chi connectivity index (χ1) is 10.6. The van der Waals surface area contributed by atoms with Gasteiger partial charge in [-0.3, -0.25) is 0 Å². The summed E-state index contributed by atoms with van der Waals surface area (Å²) >= 11 is 0. The molecule has 118 valence electrons. The molecule has 0 aliphatic rings. The molecule has 0 N–H and O–H groups in total. The minimum absolute atomic E-state index is 0.209. The molecule has 1 aromatic rings. The van der Waals surface area contributed by atoms with Crippen LogP contribution >= 0.6 is 0 Å². The molecule has 0 bridgehead atoms. The third-order valence-corrected chi connectivity index (χ3v) is 3.02. The maximum atomic E-state index is 12.2. The number of ether oxygens (including phenoxy) is 2. The topological polar surface area (TPSA) is 52.6 Å². The molecule has 0 saturated heterocycles. The highest BCUT2D eigenvalue weighted by molar-refractivity contribution is 6.03. The molecule has 1 aromatic carbocycles. The molecular formula is C18H22O4. The van der Waals surface area contributed by atoms with Gasteiger partial charge in [-0.2, -0.15) is 0 Å². The number of benzene rings is 1. The van der Waals surface area contributed by atoms with Crippen molar-refractivity contribution in [2.45, 2.75) is 46.1 Å². The number of hydrogen-bond donors (Lipinski definition) is 0. The van der Waals surface area contributed by atoms with Gasteiger partial charge in [0, 0.05) is 0 Å². The van der Waals surface area contributed by atoms with E-state index in [0.717, 1.165) is 12.8 Å². The van der Waals surface area contributed by atoms with Gasteiger partial charge in [-0.1, -0.05) is 38.3 Å². The average Bonchev–Trinajstić information content (AvgIpc) is 2.54. The van der Waals surface area contributed by atoms with Gasteiger partial charge in [0.15, 0.2) is 6.10 Å². The standard InChI is InChI=1S/C18H22O4/c1-4-7-13-21-17(19)15-11-8-9-12-16(15)18(20)22-14(6-3)10-5-2/h8-9,11-12,14H,4,6-7,13H2,1-3H3. The first kappa shape index (κ1) is 17.8. The average molecular weight is 302 g/mol. The predicted molar refractivity (Wildman–Crippen MR) is 84.6 cm³/mol. The van der Waals surface area contributed by atoms with Crippen LogP contribution in [0.2, 0.25) is 0 Å². The van der Waals surface area contributed by atoms with Crippen LogP contribution in [0.5, 0.6) is 0 Å². The van der Waals surface area contributed by atoms with E-state index < -0.39 is 18.0 Å². The van der Waals surface area contributed by atoms with Crippen molar-refractivity contribution in [2.75, 3.05) is 6.61 Å². The first-order valence-corrected chi connectivity index (χ1v) is 7.53. The number of carbonyl (C=O) groups excluding carboxylic acids is 2. The Labute approximate surface area is 131 Å². The first-order valence-electron chi connectivity index (χ1n) is 7.53. The monoisotopic (exact) mass is 302 g/mol. The van der Waals surface area contributed by atoms with Crippen LogP contribution in [0.3, 0.4) is 0 Å². The molecule has 4 heteroatoms. The molecule has 22 heavy (non-hydrogen) atoms. The van der Waals surface area contributed by atoms with Crippen LogP contribution in [-0.2, 0) is 9.47 Å². The van der Waals surface area contributed by atoms with Crippen molar-refractivity contribution in [3.63, 3.8) is 0 Å². The summed E-state index contributed by atoms with van der Waals surface area (Å²) in [4.78, 5) is 24.3.